The van der Waals surface area contributed by atoms with Crippen molar-refractivity contribution < 1.29 is 28.5 Å². The van der Waals surface area contributed by atoms with Gasteiger partial charge in [0.05, 0.1) is 39.1 Å². The number of hydrogen-bond acceptors (Lipinski definition) is 9. The highest BCUT2D eigenvalue weighted by Crippen LogP contribution is 2.18. The molecule has 0 bridgehead atoms. The standard InChI is InChI=1S/C31H39N3O6/c1-5-37-30(35)22-24-10-14-26(15-11-24)39-20-18-33(3)28-8-7-9-29(32-28)34(4)19-21-40-27-16-12-25(13-17-27)23-31(36)38-6-2/h7-17H,5-6,18-23H2,1-4H3. The quantitative estimate of drug-likeness (QED) is 0.242. The second-order valence-electron chi connectivity index (χ2n) is 9.15. The first-order chi connectivity index (χ1) is 19.4. The minimum Gasteiger partial charge on any atom is -0.492 e. The zero-order valence-corrected chi connectivity index (χ0v) is 23.8. The van der Waals surface area contributed by atoms with Crippen LogP contribution in [-0.2, 0) is 31.9 Å². The number of rotatable bonds is 16. The van der Waals surface area contributed by atoms with Gasteiger partial charge in [0.25, 0.3) is 0 Å². The highest BCUT2D eigenvalue weighted by molar-refractivity contribution is 5.73. The molecule has 1 aromatic heterocycles. The van der Waals surface area contributed by atoms with Crippen LogP contribution in [0.2, 0.25) is 0 Å². The SMILES string of the molecule is CCOC(=O)Cc1ccc(OCCN(C)c2cccc(N(C)CCOc3ccc(CC(=O)OCC)cc3)n2)cc1. The summed E-state index contributed by atoms with van der Waals surface area (Å²) in [7, 11) is 3.96. The van der Waals surface area contributed by atoms with E-state index in [-0.39, 0.29) is 24.8 Å². The zero-order chi connectivity index (χ0) is 28.7. The van der Waals surface area contributed by atoms with Crippen molar-refractivity contribution in [2.75, 3.05) is 63.4 Å². The van der Waals surface area contributed by atoms with E-state index in [1.165, 1.54) is 0 Å². The molecule has 1 heterocycles. The van der Waals surface area contributed by atoms with E-state index in [1.54, 1.807) is 13.8 Å². The second kappa shape index (κ2) is 16.0. The molecule has 9 nitrogen and oxygen atoms in total. The van der Waals surface area contributed by atoms with Crippen molar-refractivity contribution in [1.82, 2.24) is 4.98 Å². The summed E-state index contributed by atoms with van der Waals surface area (Å²) in [5, 5.41) is 0. The Labute approximate surface area is 236 Å². The van der Waals surface area contributed by atoms with Crippen molar-refractivity contribution >= 4 is 23.6 Å². The summed E-state index contributed by atoms with van der Waals surface area (Å²) in [5.41, 5.74) is 1.78. The minimum atomic E-state index is -0.232. The van der Waals surface area contributed by atoms with Crippen molar-refractivity contribution in [2.45, 2.75) is 26.7 Å². The van der Waals surface area contributed by atoms with Gasteiger partial charge in [0, 0.05) is 14.1 Å². The normalized spacial score (nSPS) is 10.5. The van der Waals surface area contributed by atoms with E-state index in [0.29, 0.717) is 39.5 Å². The summed E-state index contributed by atoms with van der Waals surface area (Å²) in [6, 6.07) is 20.9. The maximum atomic E-state index is 11.6. The lowest BCUT2D eigenvalue weighted by molar-refractivity contribution is -0.143. The van der Waals surface area contributed by atoms with Crippen molar-refractivity contribution in [2.24, 2.45) is 0 Å². The molecule has 0 unspecified atom stereocenters. The molecular formula is C31H39N3O6. The van der Waals surface area contributed by atoms with Crippen LogP contribution >= 0.6 is 0 Å². The first-order valence-electron chi connectivity index (χ1n) is 13.5. The maximum absolute atomic E-state index is 11.6. The van der Waals surface area contributed by atoms with Crippen LogP contribution in [0.25, 0.3) is 0 Å². The van der Waals surface area contributed by atoms with E-state index in [9.17, 15) is 9.59 Å². The van der Waals surface area contributed by atoms with Crippen LogP contribution in [-0.4, -0.2) is 70.5 Å². The largest absolute Gasteiger partial charge is 0.492 e. The lowest BCUT2D eigenvalue weighted by Gasteiger charge is -2.22. The molecule has 0 saturated heterocycles. The molecule has 40 heavy (non-hydrogen) atoms. The summed E-state index contributed by atoms with van der Waals surface area (Å²) in [5.74, 6) is 2.72. The summed E-state index contributed by atoms with van der Waals surface area (Å²) in [6.45, 7) is 6.64. The van der Waals surface area contributed by atoms with Crippen molar-refractivity contribution in [3.8, 4) is 11.5 Å². The zero-order valence-electron chi connectivity index (χ0n) is 23.8. The van der Waals surface area contributed by atoms with Crippen LogP contribution in [0.1, 0.15) is 25.0 Å². The van der Waals surface area contributed by atoms with Crippen LogP contribution in [0.5, 0.6) is 11.5 Å². The number of aromatic nitrogens is 1. The van der Waals surface area contributed by atoms with Gasteiger partial charge in [-0.3, -0.25) is 9.59 Å². The number of anilines is 2. The molecule has 0 N–H and O–H groups in total. The van der Waals surface area contributed by atoms with E-state index in [1.807, 2.05) is 90.6 Å². The first-order valence-corrected chi connectivity index (χ1v) is 13.5. The molecule has 9 heteroatoms. The number of likely N-dealkylation sites (N-methyl/N-ethyl adjacent to an activating group) is 2. The fourth-order valence-corrected chi connectivity index (χ4v) is 3.83. The number of hydrogen-bond donors (Lipinski definition) is 0. The summed E-state index contributed by atoms with van der Waals surface area (Å²) in [4.78, 5) is 32.1. The van der Waals surface area contributed by atoms with Crippen LogP contribution in [0.3, 0.4) is 0 Å². The Morgan fingerprint density at radius 2 is 1.05 bits per heavy atom. The summed E-state index contributed by atoms with van der Waals surface area (Å²) in [6.07, 6.45) is 0.510. The van der Waals surface area contributed by atoms with E-state index in [0.717, 1.165) is 34.3 Å². The second-order valence-corrected chi connectivity index (χ2v) is 9.15. The van der Waals surface area contributed by atoms with E-state index < -0.39 is 0 Å². The fraction of sp³-hybridized carbons (Fsp3) is 0.387. The third-order valence-corrected chi connectivity index (χ3v) is 6.05. The number of esters is 2. The number of nitrogens with zero attached hydrogens (tertiary/aromatic N) is 3. The third kappa shape index (κ3) is 10.1. The lowest BCUT2D eigenvalue weighted by atomic mass is 10.1. The molecule has 3 rings (SSSR count). The summed E-state index contributed by atoms with van der Waals surface area (Å²) < 4.78 is 21.7. The molecule has 0 spiro atoms. The maximum Gasteiger partial charge on any atom is 0.310 e. The van der Waals surface area contributed by atoms with Crippen LogP contribution in [0, 0.1) is 0 Å². The Balaban J connectivity index is 1.41. The van der Waals surface area contributed by atoms with Crippen LogP contribution < -0.4 is 19.3 Å². The topological polar surface area (TPSA) is 90.4 Å². The van der Waals surface area contributed by atoms with Gasteiger partial charge in [0.1, 0.15) is 36.3 Å². The van der Waals surface area contributed by atoms with Gasteiger partial charge in [0.15, 0.2) is 0 Å². The average Bonchev–Trinajstić information content (AvgIpc) is 2.95. The van der Waals surface area contributed by atoms with E-state index in [2.05, 4.69) is 0 Å². The van der Waals surface area contributed by atoms with Gasteiger partial charge >= 0.3 is 11.9 Å². The van der Waals surface area contributed by atoms with Gasteiger partial charge in [-0.2, -0.15) is 0 Å². The lowest BCUT2D eigenvalue weighted by Crippen LogP contribution is -2.27. The van der Waals surface area contributed by atoms with E-state index >= 15 is 0 Å². The van der Waals surface area contributed by atoms with Gasteiger partial charge in [-0.1, -0.05) is 30.3 Å². The molecule has 0 fully saturated rings. The van der Waals surface area contributed by atoms with Gasteiger partial charge in [-0.05, 0) is 61.4 Å². The van der Waals surface area contributed by atoms with Gasteiger partial charge in [-0.15, -0.1) is 0 Å². The van der Waals surface area contributed by atoms with Crippen molar-refractivity contribution in [1.29, 1.82) is 0 Å². The molecule has 0 atom stereocenters. The number of benzene rings is 2. The molecule has 3 aromatic rings. The number of pyridine rings is 1. The van der Waals surface area contributed by atoms with E-state index in [4.69, 9.17) is 23.9 Å². The molecule has 214 valence electrons. The summed E-state index contributed by atoms with van der Waals surface area (Å²) >= 11 is 0. The molecule has 0 aliphatic rings. The molecule has 0 aliphatic heterocycles. The molecular weight excluding hydrogens is 510 g/mol. The predicted molar refractivity (Wildman–Crippen MR) is 155 cm³/mol. The highest BCUT2D eigenvalue weighted by Gasteiger charge is 2.09. The fourth-order valence-electron chi connectivity index (χ4n) is 3.83. The van der Waals surface area contributed by atoms with Gasteiger partial charge in [0.2, 0.25) is 0 Å². The molecule has 0 saturated carbocycles. The molecule has 0 amide bonds. The Hall–Kier alpha value is -4.27. The first kappa shape index (κ1) is 30.3. The van der Waals surface area contributed by atoms with Crippen molar-refractivity contribution in [3.63, 3.8) is 0 Å². The number of ether oxygens (including phenoxy) is 4. The average molecular weight is 550 g/mol. The smallest absolute Gasteiger partial charge is 0.310 e. The van der Waals surface area contributed by atoms with Crippen LogP contribution in [0.15, 0.2) is 66.7 Å². The van der Waals surface area contributed by atoms with Gasteiger partial charge < -0.3 is 28.7 Å². The van der Waals surface area contributed by atoms with Gasteiger partial charge in [-0.25, -0.2) is 4.98 Å². The molecule has 0 radical (unpaired) electrons. The number of carbonyl (C=O) groups excluding carboxylic acids is 2. The Morgan fingerprint density at radius 1 is 0.650 bits per heavy atom. The molecule has 0 aliphatic carbocycles. The Bertz CT molecular complexity index is 1110. The third-order valence-electron chi connectivity index (χ3n) is 6.05. The minimum absolute atomic E-state index is 0.232. The molecule has 2 aromatic carbocycles. The Kier molecular flexibility index (Phi) is 12.1. The van der Waals surface area contributed by atoms with Crippen LogP contribution in [0.4, 0.5) is 11.6 Å². The monoisotopic (exact) mass is 549 g/mol. The van der Waals surface area contributed by atoms with Crippen molar-refractivity contribution in [3.05, 3.63) is 77.9 Å². The Morgan fingerprint density at radius 3 is 1.43 bits per heavy atom. The highest BCUT2D eigenvalue weighted by atomic mass is 16.5. The number of carbonyl (C=O) groups is 2. The predicted octanol–water partition coefficient (Wildman–Crippen LogP) is 4.32.